The highest BCUT2D eigenvalue weighted by molar-refractivity contribution is 6.09. The van der Waals surface area contributed by atoms with Gasteiger partial charge in [-0.1, -0.05) is 18.2 Å². The van der Waals surface area contributed by atoms with Gasteiger partial charge in [-0.2, -0.15) is 0 Å². The van der Waals surface area contributed by atoms with Crippen molar-refractivity contribution in [2.24, 2.45) is 0 Å². The zero-order valence-electron chi connectivity index (χ0n) is 19.5. The Labute approximate surface area is 210 Å². The summed E-state index contributed by atoms with van der Waals surface area (Å²) < 4.78 is 5.84. The number of hydrogen-bond acceptors (Lipinski definition) is 6. The highest BCUT2D eigenvalue weighted by Gasteiger charge is 2.23. The highest BCUT2D eigenvalue weighted by Crippen LogP contribution is 2.42. The topological polar surface area (TPSA) is 143 Å². The van der Waals surface area contributed by atoms with Crippen LogP contribution >= 0.6 is 0 Å². The van der Waals surface area contributed by atoms with Gasteiger partial charge in [0.2, 0.25) is 0 Å². The van der Waals surface area contributed by atoms with E-state index in [0.29, 0.717) is 40.7 Å². The molecule has 3 aromatic rings. The van der Waals surface area contributed by atoms with Gasteiger partial charge in [-0.25, -0.2) is 4.79 Å². The molecular weight excluding hydrogens is 472 g/mol. The monoisotopic (exact) mass is 494 g/mol. The van der Waals surface area contributed by atoms with Gasteiger partial charge < -0.3 is 25.7 Å². The number of nitrogens with one attached hydrogen (secondary N) is 1. The molecule has 0 radical (unpaired) electrons. The Morgan fingerprint density at radius 2 is 1.65 bits per heavy atom. The van der Waals surface area contributed by atoms with Gasteiger partial charge in [0.25, 0.3) is 5.91 Å². The minimum atomic E-state index is -1.21. The van der Waals surface area contributed by atoms with Crippen LogP contribution in [0.25, 0.3) is 33.4 Å². The van der Waals surface area contributed by atoms with E-state index in [1.807, 2.05) is 12.1 Å². The number of aromatic hydroxyl groups is 1. The standard InChI is InChI=1S/C29H22N2O6/c30-18-4-1-16(2-5-18)11-12-31-28(34)17-3-8-21(24(13-17)29(35)36)27-22-9-6-19(32)14-25(22)37-26-15-20(33)7-10-23(26)27/h1-10,13-15,32H,11-12,30H2,(H,31,34)(H,35,36). The van der Waals surface area contributed by atoms with Crippen molar-refractivity contribution >= 4 is 28.5 Å². The molecule has 0 aromatic heterocycles. The molecule has 0 spiro atoms. The van der Waals surface area contributed by atoms with Crippen molar-refractivity contribution in [3.05, 3.63) is 106 Å². The SMILES string of the molecule is Nc1ccc(CCNC(=O)c2ccc(-c3c4ccc(=O)cc-4oc4cc(O)ccc34)c(C(=O)O)c2)cc1. The van der Waals surface area contributed by atoms with Crippen LogP contribution in [0.4, 0.5) is 5.69 Å². The molecular formula is C29H22N2O6. The molecule has 0 fully saturated rings. The van der Waals surface area contributed by atoms with Gasteiger partial charge in [0.15, 0.2) is 5.43 Å². The maximum absolute atomic E-state index is 12.8. The molecule has 5 rings (SSSR count). The molecule has 0 saturated heterocycles. The first kappa shape index (κ1) is 23.6. The zero-order chi connectivity index (χ0) is 26.1. The first-order valence-electron chi connectivity index (χ1n) is 11.5. The first-order valence-corrected chi connectivity index (χ1v) is 11.5. The van der Waals surface area contributed by atoms with E-state index in [0.717, 1.165) is 5.56 Å². The van der Waals surface area contributed by atoms with E-state index in [1.165, 1.54) is 30.3 Å². The lowest BCUT2D eigenvalue weighted by molar-refractivity contribution is 0.0697. The molecule has 2 aliphatic rings. The molecule has 0 bridgehead atoms. The number of anilines is 1. The summed E-state index contributed by atoms with van der Waals surface area (Å²) in [5, 5.41) is 23.4. The number of benzene rings is 4. The second-order valence-corrected chi connectivity index (χ2v) is 8.63. The van der Waals surface area contributed by atoms with Crippen molar-refractivity contribution in [3.8, 4) is 28.2 Å². The molecule has 1 heterocycles. The molecule has 1 aliphatic carbocycles. The molecule has 0 unspecified atom stereocenters. The molecule has 184 valence electrons. The predicted molar refractivity (Wildman–Crippen MR) is 140 cm³/mol. The van der Waals surface area contributed by atoms with E-state index in [-0.39, 0.29) is 33.6 Å². The lowest BCUT2D eigenvalue weighted by atomic mass is 9.90. The van der Waals surface area contributed by atoms with E-state index in [2.05, 4.69) is 5.32 Å². The number of nitrogen functional groups attached to an aromatic ring is 1. The van der Waals surface area contributed by atoms with Crippen LogP contribution < -0.4 is 16.5 Å². The molecule has 3 aromatic carbocycles. The van der Waals surface area contributed by atoms with Gasteiger partial charge in [-0.15, -0.1) is 0 Å². The van der Waals surface area contributed by atoms with Crippen LogP contribution in [0.2, 0.25) is 0 Å². The van der Waals surface area contributed by atoms with Gasteiger partial charge in [0.1, 0.15) is 17.1 Å². The minimum Gasteiger partial charge on any atom is -0.508 e. The molecule has 8 nitrogen and oxygen atoms in total. The number of carboxylic acids is 1. The van der Waals surface area contributed by atoms with Gasteiger partial charge in [-0.05, 0) is 66.1 Å². The molecule has 0 atom stereocenters. The summed E-state index contributed by atoms with van der Waals surface area (Å²) >= 11 is 0. The van der Waals surface area contributed by atoms with Crippen molar-refractivity contribution < 1.29 is 24.2 Å². The van der Waals surface area contributed by atoms with E-state index in [1.54, 1.807) is 36.4 Å². The number of phenols is 1. The number of phenolic OH excluding ortho intramolecular Hbond substituents is 1. The maximum atomic E-state index is 12.8. The number of nitrogens with two attached hydrogens (primary N) is 1. The fourth-order valence-corrected chi connectivity index (χ4v) is 4.34. The normalized spacial score (nSPS) is 11.0. The minimum absolute atomic E-state index is 0.0377. The number of carbonyl (C=O) groups is 2. The lowest BCUT2D eigenvalue weighted by Crippen LogP contribution is -2.26. The highest BCUT2D eigenvalue weighted by atomic mass is 16.4. The fourth-order valence-electron chi connectivity index (χ4n) is 4.34. The average Bonchev–Trinajstić information content (AvgIpc) is 2.88. The van der Waals surface area contributed by atoms with E-state index in [9.17, 15) is 24.6 Å². The Kier molecular flexibility index (Phi) is 6.07. The molecule has 0 saturated carbocycles. The molecule has 8 heteroatoms. The Morgan fingerprint density at radius 1 is 0.892 bits per heavy atom. The first-order chi connectivity index (χ1) is 17.8. The van der Waals surface area contributed by atoms with Crippen LogP contribution in [-0.2, 0) is 6.42 Å². The summed E-state index contributed by atoms with van der Waals surface area (Å²) in [5.41, 5.74) is 8.89. The zero-order valence-corrected chi connectivity index (χ0v) is 19.5. The number of amides is 1. The number of rotatable bonds is 6. The largest absolute Gasteiger partial charge is 0.508 e. The predicted octanol–water partition coefficient (Wildman–Crippen LogP) is 4.52. The van der Waals surface area contributed by atoms with Crippen LogP contribution in [0.5, 0.6) is 5.75 Å². The molecule has 1 amide bonds. The van der Waals surface area contributed by atoms with Crippen LogP contribution in [0.3, 0.4) is 0 Å². The average molecular weight is 495 g/mol. The number of hydrogen-bond donors (Lipinski definition) is 4. The van der Waals surface area contributed by atoms with Crippen molar-refractivity contribution in [2.45, 2.75) is 6.42 Å². The van der Waals surface area contributed by atoms with Crippen LogP contribution in [0.15, 0.2) is 88.1 Å². The van der Waals surface area contributed by atoms with Gasteiger partial charge in [0.05, 0.1) is 5.56 Å². The Balaban J connectivity index is 1.54. The van der Waals surface area contributed by atoms with Crippen molar-refractivity contribution in [1.29, 1.82) is 0 Å². The van der Waals surface area contributed by atoms with Crippen molar-refractivity contribution in [3.63, 3.8) is 0 Å². The summed E-state index contributed by atoms with van der Waals surface area (Å²) in [6, 6.07) is 20.6. The summed E-state index contributed by atoms with van der Waals surface area (Å²) in [5.74, 6) is -1.40. The van der Waals surface area contributed by atoms with Gasteiger partial charge in [0, 0.05) is 46.4 Å². The summed E-state index contributed by atoms with van der Waals surface area (Å²) in [7, 11) is 0. The third kappa shape index (κ3) is 4.72. The number of carboxylic acid groups (broad SMARTS) is 1. The van der Waals surface area contributed by atoms with E-state index < -0.39 is 11.9 Å². The molecule has 5 N–H and O–H groups in total. The Hall–Kier alpha value is -5.11. The number of fused-ring (bicyclic) bond motifs is 2. The Morgan fingerprint density at radius 3 is 2.41 bits per heavy atom. The number of carbonyl (C=O) groups excluding carboxylic acids is 1. The van der Waals surface area contributed by atoms with Crippen LogP contribution in [0, 0.1) is 0 Å². The second-order valence-electron chi connectivity index (χ2n) is 8.63. The Bertz CT molecular complexity index is 1690. The van der Waals surface area contributed by atoms with E-state index in [4.69, 9.17) is 10.2 Å². The molecule has 1 aliphatic heterocycles. The number of aromatic carboxylic acids is 1. The maximum Gasteiger partial charge on any atom is 0.336 e. The van der Waals surface area contributed by atoms with Gasteiger partial charge in [-0.3, -0.25) is 9.59 Å². The van der Waals surface area contributed by atoms with Crippen LogP contribution in [0.1, 0.15) is 26.3 Å². The smallest absolute Gasteiger partial charge is 0.336 e. The lowest BCUT2D eigenvalue weighted by Gasteiger charge is -2.17. The summed E-state index contributed by atoms with van der Waals surface area (Å²) in [6.07, 6.45) is 0.593. The van der Waals surface area contributed by atoms with E-state index >= 15 is 0 Å². The van der Waals surface area contributed by atoms with Gasteiger partial charge >= 0.3 is 5.97 Å². The summed E-state index contributed by atoms with van der Waals surface area (Å²) in [6.45, 7) is 0.364. The third-order valence-electron chi connectivity index (χ3n) is 6.14. The van der Waals surface area contributed by atoms with Crippen LogP contribution in [-0.4, -0.2) is 28.6 Å². The quantitative estimate of drug-likeness (QED) is 0.201. The third-order valence-corrected chi connectivity index (χ3v) is 6.14. The van der Waals surface area contributed by atoms with Crippen molar-refractivity contribution in [1.82, 2.24) is 5.32 Å². The molecule has 37 heavy (non-hydrogen) atoms. The fraction of sp³-hybridized carbons (Fsp3) is 0.0690. The summed E-state index contributed by atoms with van der Waals surface area (Å²) in [4.78, 5) is 37.1. The second kappa shape index (κ2) is 9.50. The van der Waals surface area contributed by atoms with Crippen molar-refractivity contribution in [2.75, 3.05) is 12.3 Å².